The van der Waals surface area contributed by atoms with Gasteiger partial charge in [0, 0.05) is 6.26 Å². The third kappa shape index (κ3) is 3.34. The zero-order chi connectivity index (χ0) is 13.2. The van der Waals surface area contributed by atoms with Crippen LogP contribution in [0.4, 0.5) is 0 Å². The van der Waals surface area contributed by atoms with Crippen molar-refractivity contribution in [2.24, 2.45) is 0 Å². The second-order valence-corrected chi connectivity index (χ2v) is 6.08. The third-order valence-electron chi connectivity index (χ3n) is 1.92. The fourth-order valence-corrected chi connectivity index (χ4v) is 2.60. The summed E-state index contributed by atoms with van der Waals surface area (Å²) in [4.78, 5) is 11.5. The topological polar surface area (TPSA) is 60.4 Å². The van der Waals surface area contributed by atoms with E-state index in [1.54, 1.807) is 6.92 Å². The first-order valence-electron chi connectivity index (χ1n) is 4.63. The fourth-order valence-electron chi connectivity index (χ4n) is 1.16. The van der Waals surface area contributed by atoms with Gasteiger partial charge < -0.3 is 4.74 Å². The van der Waals surface area contributed by atoms with Crippen LogP contribution < -0.4 is 0 Å². The normalized spacial score (nSPS) is 11.3. The van der Waals surface area contributed by atoms with Gasteiger partial charge in [-0.15, -0.1) is 0 Å². The second kappa shape index (κ2) is 5.25. The van der Waals surface area contributed by atoms with Crippen LogP contribution in [-0.2, 0) is 14.6 Å². The molecular weight excluding hydrogens is 287 g/mol. The molecule has 0 unspecified atom stereocenters. The molecule has 0 spiro atoms. The van der Waals surface area contributed by atoms with Crippen LogP contribution >= 0.6 is 23.2 Å². The Balaban J connectivity index is 3.34. The maximum absolute atomic E-state index is 11.5. The van der Waals surface area contributed by atoms with E-state index in [1.807, 2.05) is 0 Å². The lowest BCUT2D eigenvalue weighted by atomic mass is 10.2. The summed E-state index contributed by atoms with van der Waals surface area (Å²) in [5.41, 5.74) is -0.0254. The highest BCUT2D eigenvalue weighted by Gasteiger charge is 2.20. The van der Waals surface area contributed by atoms with Gasteiger partial charge in [-0.05, 0) is 19.1 Å². The Morgan fingerprint density at radius 3 is 2.12 bits per heavy atom. The van der Waals surface area contributed by atoms with Crippen LogP contribution in [0.15, 0.2) is 17.0 Å². The largest absolute Gasteiger partial charge is 0.462 e. The number of benzene rings is 1. The molecule has 0 saturated carbocycles. The van der Waals surface area contributed by atoms with Crippen molar-refractivity contribution in [1.82, 2.24) is 0 Å². The molecule has 0 heterocycles. The molecule has 0 radical (unpaired) electrons. The van der Waals surface area contributed by atoms with Crippen molar-refractivity contribution in [3.8, 4) is 0 Å². The quantitative estimate of drug-likeness (QED) is 0.804. The lowest BCUT2D eigenvalue weighted by Gasteiger charge is -2.08. The number of rotatable bonds is 3. The minimum Gasteiger partial charge on any atom is -0.462 e. The van der Waals surface area contributed by atoms with Gasteiger partial charge in [0.1, 0.15) is 0 Å². The highest BCUT2D eigenvalue weighted by Crippen LogP contribution is 2.29. The third-order valence-corrected chi connectivity index (χ3v) is 3.61. The van der Waals surface area contributed by atoms with Gasteiger partial charge >= 0.3 is 5.97 Å². The Hall–Kier alpha value is -0.780. The summed E-state index contributed by atoms with van der Waals surface area (Å²) < 4.78 is 27.4. The van der Waals surface area contributed by atoms with Crippen molar-refractivity contribution < 1.29 is 17.9 Å². The molecule has 0 aliphatic rings. The van der Waals surface area contributed by atoms with Gasteiger partial charge in [-0.3, -0.25) is 0 Å². The van der Waals surface area contributed by atoms with E-state index < -0.39 is 15.8 Å². The van der Waals surface area contributed by atoms with Gasteiger partial charge in [0.15, 0.2) is 9.84 Å². The molecule has 1 aromatic rings. The summed E-state index contributed by atoms with van der Waals surface area (Å²) >= 11 is 11.6. The molecule has 1 rings (SSSR count). The first-order chi connectivity index (χ1) is 7.77. The second-order valence-electron chi connectivity index (χ2n) is 3.25. The Morgan fingerprint density at radius 2 is 1.76 bits per heavy atom. The summed E-state index contributed by atoms with van der Waals surface area (Å²) in [6, 6.07) is 2.35. The number of esters is 1. The average Bonchev–Trinajstić information content (AvgIpc) is 2.15. The van der Waals surface area contributed by atoms with E-state index >= 15 is 0 Å². The van der Waals surface area contributed by atoms with E-state index in [0.29, 0.717) is 0 Å². The van der Waals surface area contributed by atoms with Crippen LogP contribution in [0.5, 0.6) is 0 Å². The number of sulfone groups is 1. The maximum Gasteiger partial charge on any atom is 0.341 e. The maximum atomic E-state index is 11.5. The van der Waals surface area contributed by atoms with Crippen LogP contribution in [0.25, 0.3) is 0 Å². The summed E-state index contributed by atoms with van der Waals surface area (Å²) in [5.74, 6) is -0.678. The predicted molar refractivity (Wildman–Crippen MR) is 65.5 cm³/mol. The van der Waals surface area contributed by atoms with Gasteiger partial charge in [-0.1, -0.05) is 23.2 Å². The molecule has 0 fully saturated rings. The molecule has 0 amide bonds. The summed E-state index contributed by atoms with van der Waals surface area (Å²) in [6.45, 7) is 1.82. The van der Waals surface area contributed by atoms with Gasteiger partial charge in [0.25, 0.3) is 0 Å². The zero-order valence-electron chi connectivity index (χ0n) is 9.16. The highest BCUT2D eigenvalue weighted by atomic mass is 35.5. The molecule has 0 bridgehead atoms. The first-order valence-corrected chi connectivity index (χ1v) is 7.28. The van der Waals surface area contributed by atoms with Crippen molar-refractivity contribution in [1.29, 1.82) is 0 Å². The molecule has 0 N–H and O–H groups in total. The van der Waals surface area contributed by atoms with Crippen molar-refractivity contribution in [3.05, 3.63) is 27.7 Å². The van der Waals surface area contributed by atoms with E-state index in [9.17, 15) is 13.2 Å². The summed E-state index contributed by atoms with van der Waals surface area (Å²) in [5, 5.41) is -0.0900. The molecule has 17 heavy (non-hydrogen) atoms. The Kier molecular flexibility index (Phi) is 4.41. The molecule has 0 aliphatic heterocycles. The molecule has 0 aromatic heterocycles. The molecule has 4 nitrogen and oxygen atoms in total. The number of carbonyl (C=O) groups is 1. The van der Waals surface area contributed by atoms with E-state index in [-0.39, 0.29) is 27.1 Å². The lowest BCUT2D eigenvalue weighted by Crippen LogP contribution is -2.07. The Bertz CT molecular complexity index is 528. The standard InChI is InChI=1S/C10H10Cl2O4S/c1-3-16-10(13)9-7(11)4-6(5-8(9)12)17(2,14)15/h4-5H,3H2,1-2H3. The monoisotopic (exact) mass is 296 g/mol. The van der Waals surface area contributed by atoms with Gasteiger partial charge in [0.05, 0.1) is 27.1 Å². The van der Waals surface area contributed by atoms with Crippen LogP contribution in [0.1, 0.15) is 17.3 Å². The molecule has 7 heteroatoms. The molecule has 94 valence electrons. The molecule has 0 atom stereocenters. The SMILES string of the molecule is CCOC(=O)c1c(Cl)cc(S(C)(=O)=O)cc1Cl. The van der Waals surface area contributed by atoms with Crippen LogP contribution in [-0.4, -0.2) is 27.2 Å². The van der Waals surface area contributed by atoms with Gasteiger partial charge in [0.2, 0.25) is 0 Å². The van der Waals surface area contributed by atoms with Crippen LogP contribution in [0, 0.1) is 0 Å². The zero-order valence-corrected chi connectivity index (χ0v) is 11.5. The molecule has 0 aliphatic carbocycles. The van der Waals surface area contributed by atoms with Crippen LogP contribution in [0.2, 0.25) is 10.0 Å². The van der Waals surface area contributed by atoms with Gasteiger partial charge in [-0.25, -0.2) is 13.2 Å². The molecule has 1 aromatic carbocycles. The fraction of sp³-hybridized carbons (Fsp3) is 0.300. The van der Waals surface area contributed by atoms with Gasteiger partial charge in [-0.2, -0.15) is 0 Å². The van der Waals surface area contributed by atoms with Crippen molar-refractivity contribution in [2.45, 2.75) is 11.8 Å². The number of halogens is 2. The Morgan fingerprint density at radius 1 is 1.29 bits per heavy atom. The van der Waals surface area contributed by atoms with Crippen molar-refractivity contribution >= 4 is 39.0 Å². The average molecular weight is 297 g/mol. The highest BCUT2D eigenvalue weighted by molar-refractivity contribution is 7.90. The van der Waals surface area contributed by atoms with Crippen molar-refractivity contribution in [2.75, 3.05) is 12.9 Å². The summed E-state index contributed by atoms with van der Waals surface area (Å²) in [6.07, 6.45) is 1.03. The Labute approximate surface area is 109 Å². The number of hydrogen-bond acceptors (Lipinski definition) is 4. The lowest BCUT2D eigenvalue weighted by molar-refractivity contribution is 0.0526. The number of carbonyl (C=O) groups excluding carboxylic acids is 1. The van der Waals surface area contributed by atoms with Crippen molar-refractivity contribution in [3.63, 3.8) is 0 Å². The summed E-state index contributed by atoms with van der Waals surface area (Å²) in [7, 11) is -3.42. The number of ether oxygens (including phenoxy) is 1. The smallest absolute Gasteiger partial charge is 0.341 e. The van der Waals surface area contributed by atoms with Crippen LogP contribution in [0.3, 0.4) is 0 Å². The van der Waals surface area contributed by atoms with E-state index in [1.165, 1.54) is 12.1 Å². The van der Waals surface area contributed by atoms with E-state index in [2.05, 4.69) is 0 Å². The molecule has 0 saturated heterocycles. The minimum atomic E-state index is -3.42. The minimum absolute atomic E-state index is 0.0254. The first kappa shape index (κ1) is 14.3. The molecular formula is C10H10Cl2O4S. The van der Waals surface area contributed by atoms with E-state index in [0.717, 1.165) is 6.26 Å². The number of hydrogen-bond donors (Lipinski definition) is 0. The predicted octanol–water partition coefficient (Wildman–Crippen LogP) is 2.57. The van der Waals surface area contributed by atoms with E-state index in [4.69, 9.17) is 27.9 Å².